The van der Waals surface area contributed by atoms with Gasteiger partial charge in [0.25, 0.3) is 0 Å². The summed E-state index contributed by atoms with van der Waals surface area (Å²) in [5, 5.41) is 27.3. The molecule has 1 aromatic carbocycles. The molecule has 0 amide bonds. The molecule has 1 aliphatic rings. The minimum absolute atomic E-state index is 0.0857. The summed E-state index contributed by atoms with van der Waals surface area (Å²) in [6, 6.07) is 10.8. The van der Waals surface area contributed by atoms with Gasteiger partial charge in [-0.15, -0.1) is 0 Å². The van der Waals surface area contributed by atoms with Crippen molar-refractivity contribution in [2.45, 2.75) is 12.0 Å². The summed E-state index contributed by atoms with van der Waals surface area (Å²) in [6.45, 7) is 0. The second kappa shape index (κ2) is 3.40. The first-order valence-corrected chi connectivity index (χ1v) is 4.47. The summed E-state index contributed by atoms with van der Waals surface area (Å²) in [7, 11) is -1.12. The van der Waals surface area contributed by atoms with Crippen LogP contribution < -0.4 is 5.46 Å². The van der Waals surface area contributed by atoms with Crippen LogP contribution in [0.15, 0.2) is 24.3 Å². The number of nitrogens with zero attached hydrogens (tertiary/aromatic N) is 2. The van der Waals surface area contributed by atoms with Crippen molar-refractivity contribution in [2.75, 3.05) is 0 Å². The van der Waals surface area contributed by atoms with Crippen molar-refractivity contribution < 1.29 is 9.68 Å². The first-order valence-electron chi connectivity index (χ1n) is 4.47. The smallest absolute Gasteiger partial charge is 0.423 e. The lowest BCUT2D eigenvalue weighted by atomic mass is 9.78. The minimum atomic E-state index is -1.31. The van der Waals surface area contributed by atoms with Crippen molar-refractivity contribution in [1.29, 1.82) is 10.5 Å². The number of rotatable bonds is 1. The van der Waals surface area contributed by atoms with Crippen LogP contribution in [0.5, 0.6) is 0 Å². The molecule has 0 saturated heterocycles. The van der Waals surface area contributed by atoms with Crippen LogP contribution in [0, 0.1) is 22.7 Å². The van der Waals surface area contributed by atoms with E-state index in [0.717, 1.165) is 0 Å². The van der Waals surface area contributed by atoms with Crippen molar-refractivity contribution >= 4 is 12.6 Å². The highest BCUT2D eigenvalue weighted by Crippen LogP contribution is 2.32. The molecule has 0 spiro atoms. The first kappa shape index (κ1) is 9.73. The maximum absolute atomic E-state index is 9.59. The zero-order valence-electron chi connectivity index (χ0n) is 7.84. The monoisotopic (exact) mass is 198 g/mol. The SMILES string of the molecule is N#CCC1(C#N)OB(O)c2ccccc21. The fraction of sp³-hybridized carbons (Fsp3) is 0.200. The summed E-state index contributed by atoms with van der Waals surface area (Å²) in [5.74, 6) is 0. The first-order chi connectivity index (χ1) is 7.23. The topological polar surface area (TPSA) is 77.0 Å². The van der Waals surface area contributed by atoms with Crippen molar-refractivity contribution in [2.24, 2.45) is 0 Å². The number of nitriles is 2. The molecule has 0 aromatic heterocycles. The van der Waals surface area contributed by atoms with Gasteiger partial charge in [-0.2, -0.15) is 10.5 Å². The largest absolute Gasteiger partial charge is 0.493 e. The third-order valence-corrected chi connectivity index (χ3v) is 2.48. The minimum Gasteiger partial charge on any atom is -0.423 e. The zero-order chi connectivity index (χ0) is 10.9. The van der Waals surface area contributed by atoms with E-state index in [2.05, 4.69) is 0 Å². The van der Waals surface area contributed by atoms with Crippen LogP contribution in [0.3, 0.4) is 0 Å². The van der Waals surface area contributed by atoms with E-state index >= 15 is 0 Å². The molecule has 1 aromatic rings. The van der Waals surface area contributed by atoms with E-state index in [9.17, 15) is 5.02 Å². The standard InChI is InChI=1S/C10H7BN2O2/c12-6-5-10(7-13)8-3-1-2-4-9(8)11(14)15-10/h1-4,14H,5H2. The highest BCUT2D eigenvalue weighted by Gasteiger charge is 2.47. The molecule has 4 nitrogen and oxygen atoms in total. The second-order valence-corrected chi connectivity index (χ2v) is 3.33. The van der Waals surface area contributed by atoms with Crippen molar-refractivity contribution in [1.82, 2.24) is 0 Å². The van der Waals surface area contributed by atoms with Crippen molar-refractivity contribution in [3.8, 4) is 12.1 Å². The van der Waals surface area contributed by atoms with E-state index in [-0.39, 0.29) is 6.42 Å². The van der Waals surface area contributed by atoms with Crippen LogP contribution in [-0.4, -0.2) is 12.1 Å². The number of hydrogen-bond acceptors (Lipinski definition) is 4. The fourth-order valence-corrected chi connectivity index (χ4v) is 1.77. The molecule has 0 saturated carbocycles. The summed E-state index contributed by atoms with van der Waals surface area (Å²) in [5.41, 5.74) is -0.166. The lowest BCUT2D eigenvalue weighted by Crippen LogP contribution is -2.29. The Hall–Kier alpha value is -1.82. The lowest BCUT2D eigenvalue weighted by molar-refractivity contribution is 0.123. The maximum Gasteiger partial charge on any atom is 0.493 e. The Morgan fingerprint density at radius 2 is 2.13 bits per heavy atom. The molecule has 1 aliphatic heterocycles. The van der Waals surface area contributed by atoms with E-state index in [4.69, 9.17) is 15.2 Å². The van der Waals surface area contributed by atoms with Gasteiger partial charge in [0.1, 0.15) is 6.07 Å². The van der Waals surface area contributed by atoms with E-state index in [1.54, 1.807) is 24.3 Å². The molecule has 2 rings (SSSR count). The Balaban J connectivity index is 2.57. The Morgan fingerprint density at radius 3 is 2.80 bits per heavy atom. The Bertz CT molecular complexity index is 477. The van der Waals surface area contributed by atoms with Gasteiger partial charge in [-0.3, -0.25) is 0 Å². The Morgan fingerprint density at radius 1 is 1.40 bits per heavy atom. The van der Waals surface area contributed by atoms with Gasteiger partial charge in [0.15, 0.2) is 5.60 Å². The summed E-state index contributed by atoms with van der Waals surface area (Å²) in [6.07, 6.45) is -0.0857. The normalized spacial score (nSPS) is 23.0. The maximum atomic E-state index is 9.59. The second-order valence-electron chi connectivity index (χ2n) is 3.33. The molecule has 15 heavy (non-hydrogen) atoms. The van der Waals surface area contributed by atoms with Gasteiger partial charge in [-0.05, 0) is 11.0 Å². The predicted molar refractivity (Wildman–Crippen MR) is 52.7 cm³/mol. The summed E-state index contributed by atoms with van der Waals surface area (Å²) in [4.78, 5) is 0. The van der Waals surface area contributed by atoms with E-state index in [1.165, 1.54) is 0 Å². The predicted octanol–water partition coefficient (Wildman–Crippen LogP) is 0.0369. The molecule has 72 valence electrons. The summed E-state index contributed by atoms with van der Waals surface area (Å²) >= 11 is 0. The number of hydrogen-bond donors (Lipinski definition) is 1. The average Bonchev–Trinajstić information content (AvgIpc) is 2.55. The molecular formula is C10H7BN2O2. The molecule has 0 fully saturated rings. The highest BCUT2D eigenvalue weighted by molar-refractivity contribution is 6.62. The quantitative estimate of drug-likeness (QED) is 0.646. The van der Waals surface area contributed by atoms with E-state index < -0.39 is 12.7 Å². The molecule has 5 heteroatoms. The Labute approximate surface area is 87.5 Å². The van der Waals surface area contributed by atoms with Crippen LogP contribution in [0.4, 0.5) is 0 Å². The van der Waals surface area contributed by atoms with Crippen LogP contribution in [0.2, 0.25) is 0 Å². The highest BCUT2D eigenvalue weighted by atomic mass is 16.5. The third kappa shape index (κ3) is 1.30. The third-order valence-electron chi connectivity index (χ3n) is 2.48. The van der Waals surface area contributed by atoms with Crippen molar-refractivity contribution in [3.05, 3.63) is 29.8 Å². The number of benzene rings is 1. The Kier molecular flexibility index (Phi) is 2.20. The molecule has 1 unspecified atom stereocenters. The molecular weight excluding hydrogens is 191 g/mol. The molecule has 0 bridgehead atoms. The van der Waals surface area contributed by atoms with Crippen LogP contribution in [0.25, 0.3) is 0 Å². The molecule has 1 atom stereocenters. The van der Waals surface area contributed by atoms with Crippen LogP contribution in [-0.2, 0) is 10.3 Å². The molecule has 0 aliphatic carbocycles. The van der Waals surface area contributed by atoms with Crippen LogP contribution in [0.1, 0.15) is 12.0 Å². The van der Waals surface area contributed by atoms with E-state index in [0.29, 0.717) is 11.0 Å². The van der Waals surface area contributed by atoms with Gasteiger partial charge in [-0.1, -0.05) is 24.3 Å². The van der Waals surface area contributed by atoms with Gasteiger partial charge in [0.2, 0.25) is 0 Å². The molecule has 0 radical (unpaired) electrons. The van der Waals surface area contributed by atoms with E-state index in [1.807, 2.05) is 12.1 Å². The zero-order valence-corrected chi connectivity index (χ0v) is 7.84. The average molecular weight is 198 g/mol. The molecule has 1 N–H and O–H groups in total. The lowest BCUT2D eigenvalue weighted by Gasteiger charge is -2.18. The van der Waals surface area contributed by atoms with Gasteiger partial charge in [0.05, 0.1) is 12.5 Å². The van der Waals surface area contributed by atoms with Gasteiger partial charge >= 0.3 is 7.12 Å². The number of fused-ring (bicyclic) bond motifs is 1. The van der Waals surface area contributed by atoms with Gasteiger partial charge in [-0.25, -0.2) is 0 Å². The molecule has 1 heterocycles. The van der Waals surface area contributed by atoms with Gasteiger partial charge < -0.3 is 9.68 Å². The van der Waals surface area contributed by atoms with Crippen molar-refractivity contribution in [3.63, 3.8) is 0 Å². The summed E-state index contributed by atoms with van der Waals surface area (Å²) < 4.78 is 5.18. The van der Waals surface area contributed by atoms with Gasteiger partial charge in [0, 0.05) is 0 Å². The fourth-order valence-electron chi connectivity index (χ4n) is 1.77. The van der Waals surface area contributed by atoms with Crippen LogP contribution >= 0.6 is 0 Å².